The van der Waals surface area contributed by atoms with Crippen molar-refractivity contribution < 1.29 is 14.3 Å². The van der Waals surface area contributed by atoms with Crippen LogP contribution in [0.1, 0.15) is 25.0 Å². The predicted octanol–water partition coefficient (Wildman–Crippen LogP) is 1.61. The van der Waals surface area contributed by atoms with Gasteiger partial charge in [-0.25, -0.2) is 4.79 Å². The molecule has 0 fully saturated rings. The molecule has 0 saturated carbocycles. The molecule has 1 aromatic carbocycles. The minimum Gasteiger partial charge on any atom is -0.460 e. The molecular formula is C16H22N2O3. The molecule has 5 heteroatoms. The Hall–Kier alpha value is -2.30. The molecule has 0 heterocycles. The number of carbonyl (C=O) groups is 2. The van der Waals surface area contributed by atoms with Gasteiger partial charge in [0, 0.05) is 19.0 Å². The van der Waals surface area contributed by atoms with E-state index in [0.29, 0.717) is 6.42 Å². The fourth-order valence-corrected chi connectivity index (χ4v) is 2.01. The first-order valence-electron chi connectivity index (χ1n) is 6.89. The zero-order valence-electron chi connectivity index (χ0n) is 12.5. The van der Waals surface area contributed by atoms with E-state index in [4.69, 9.17) is 10.5 Å². The van der Waals surface area contributed by atoms with Crippen molar-refractivity contribution in [3.63, 3.8) is 0 Å². The van der Waals surface area contributed by atoms with Gasteiger partial charge in [-0.15, -0.1) is 0 Å². The molecule has 1 atom stereocenters. The van der Waals surface area contributed by atoms with Crippen LogP contribution < -0.4 is 11.1 Å². The molecule has 0 unspecified atom stereocenters. The Morgan fingerprint density at radius 2 is 2.19 bits per heavy atom. The van der Waals surface area contributed by atoms with Crippen LogP contribution in [0, 0.1) is 0 Å². The third kappa shape index (κ3) is 5.30. The number of nitrogens with two attached hydrogens (primary N) is 1. The lowest BCUT2D eigenvalue weighted by Gasteiger charge is -2.17. The van der Waals surface area contributed by atoms with Gasteiger partial charge in [-0.3, -0.25) is 4.79 Å². The molecule has 0 aliphatic carbocycles. The second-order valence-corrected chi connectivity index (χ2v) is 4.76. The third-order valence-electron chi connectivity index (χ3n) is 3.03. The highest BCUT2D eigenvalue weighted by atomic mass is 16.5. The van der Waals surface area contributed by atoms with Gasteiger partial charge < -0.3 is 15.8 Å². The average molecular weight is 290 g/mol. The van der Waals surface area contributed by atoms with Gasteiger partial charge in [-0.1, -0.05) is 31.7 Å². The second kappa shape index (κ2) is 8.09. The summed E-state index contributed by atoms with van der Waals surface area (Å²) in [5, 5.41) is 2.61. The third-order valence-corrected chi connectivity index (χ3v) is 3.03. The molecule has 114 valence electrons. The number of amides is 1. The summed E-state index contributed by atoms with van der Waals surface area (Å²) in [6.07, 6.45) is 2.66. The van der Waals surface area contributed by atoms with Crippen LogP contribution in [0.3, 0.4) is 0 Å². The van der Waals surface area contributed by atoms with Gasteiger partial charge in [-0.2, -0.15) is 0 Å². The highest BCUT2D eigenvalue weighted by Crippen LogP contribution is 2.16. The van der Waals surface area contributed by atoms with Crippen molar-refractivity contribution in [2.24, 2.45) is 0 Å². The highest BCUT2D eigenvalue weighted by Gasteiger charge is 2.21. The van der Waals surface area contributed by atoms with E-state index in [1.165, 1.54) is 13.0 Å². The minimum atomic E-state index is -0.712. The first kappa shape index (κ1) is 16.8. The maximum atomic E-state index is 12.0. The predicted molar refractivity (Wildman–Crippen MR) is 82.7 cm³/mol. The molecule has 0 aliphatic heterocycles. The lowest BCUT2D eigenvalue weighted by atomic mass is 10.0. The van der Waals surface area contributed by atoms with Crippen LogP contribution in [-0.4, -0.2) is 24.5 Å². The van der Waals surface area contributed by atoms with Crippen molar-refractivity contribution >= 4 is 17.6 Å². The number of rotatable bonds is 7. The lowest BCUT2D eigenvalue weighted by molar-refractivity contribution is -0.146. The molecule has 0 aromatic heterocycles. The van der Waals surface area contributed by atoms with Gasteiger partial charge in [0.1, 0.15) is 12.6 Å². The molecule has 1 rings (SSSR count). The summed E-state index contributed by atoms with van der Waals surface area (Å²) < 4.78 is 5.01. The molecule has 0 aliphatic rings. The number of benzene rings is 1. The van der Waals surface area contributed by atoms with Crippen LogP contribution in [0.2, 0.25) is 0 Å². The van der Waals surface area contributed by atoms with Crippen LogP contribution in [0.25, 0.3) is 0 Å². The second-order valence-electron chi connectivity index (χ2n) is 4.76. The Bertz CT molecular complexity index is 526. The van der Waals surface area contributed by atoms with Crippen LogP contribution in [0.5, 0.6) is 0 Å². The zero-order chi connectivity index (χ0) is 15.8. The number of nitrogens with one attached hydrogen (secondary N) is 1. The van der Waals surface area contributed by atoms with E-state index in [2.05, 4.69) is 11.9 Å². The maximum absolute atomic E-state index is 12.0. The fourth-order valence-electron chi connectivity index (χ4n) is 2.01. The van der Waals surface area contributed by atoms with E-state index < -0.39 is 12.0 Å². The van der Waals surface area contributed by atoms with Crippen molar-refractivity contribution in [2.45, 2.75) is 32.7 Å². The van der Waals surface area contributed by atoms with Crippen molar-refractivity contribution in [3.05, 3.63) is 42.0 Å². The molecular weight excluding hydrogens is 268 g/mol. The van der Waals surface area contributed by atoms with Gasteiger partial charge in [0.2, 0.25) is 5.91 Å². The van der Waals surface area contributed by atoms with E-state index in [1.807, 2.05) is 25.1 Å². The number of anilines is 1. The number of hydrogen-bond donors (Lipinski definition) is 2. The standard InChI is InChI=1S/C16H22N2O3/c1-4-8-21-16(20)15(18-11(3)19)10-12-6-7-14(17)13(5-2)9-12/h4,6-7,9,15H,1,5,8,10,17H2,2-3H3,(H,18,19)/t15-/m0/s1. The smallest absolute Gasteiger partial charge is 0.329 e. The normalized spacial score (nSPS) is 11.5. The SMILES string of the molecule is C=CCOC(=O)[C@H](Cc1ccc(N)c(CC)c1)NC(C)=O. The van der Waals surface area contributed by atoms with E-state index in [0.717, 1.165) is 23.2 Å². The van der Waals surface area contributed by atoms with Crippen LogP contribution in [-0.2, 0) is 27.2 Å². The van der Waals surface area contributed by atoms with Gasteiger partial charge in [0.05, 0.1) is 0 Å². The maximum Gasteiger partial charge on any atom is 0.329 e. The zero-order valence-corrected chi connectivity index (χ0v) is 12.5. The number of nitrogen functional groups attached to an aromatic ring is 1. The molecule has 5 nitrogen and oxygen atoms in total. The number of aryl methyl sites for hydroxylation is 1. The monoisotopic (exact) mass is 290 g/mol. The molecule has 0 spiro atoms. The summed E-state index contributed by atoms with van der Waals surface area (Å²) in [6, 6.07) is 4.90. The topological polar surface area (TPSA) is 81.4 Å². The Kier molecular flexibility index (Phi) is 6.46. The van der Waals surface area contributed by atoms with Crippen LogP contribution in [0.4, 0.5) is 5.69 Å². The summed E-state index contributed by atoms with van der Waals surface area (Å²) in [7, 11) is 0. The van der Waals surface area contributed by atoms with E-state index in [1.54, 1.807) is 0 Å². The number of hydrogen-bond acceptors (Lipinski definition) is 4. The van der Waals surface area contributed by atoms with Gasteiger partial charge in [-0.05, 0) is 23.6 Å². The Labute approximate surface area is 125 Å². The first-order chi connectivity index (χ1) is 9.97. The summed E-state index contributed by atoms with van der Waals surface area (Å²) >= 11 is 0. The molecule has 1 aromatic rings. The summed E-state index contributed by atoms with van der Waals surface area (Å²) in [5.41, 5.74) is 8.54. The van der Waals surface area contributed by atoms with E-state index >= 15 is 0 Å². The fraction of sp³-hybridized carbons (Fsp3) is 0.375. The lowest BCUT2D eigenvalue weighted by Crippen LogP contribution is -2.42. The van der Waals surface area contributed by atoms with Crippen molar-refractivity contribution in [1.82, 2.24) is 5.32 Å². The summed E-state index contributed by atoms with van der Waals surface area (Å²) in [4.78, 5) is 23.2. The van der Waals surface area contributed by atoms with E-state index in [9.17, 15) is 9.59 Å². The molecule has 0 radical (unpaired) electrons. The van der Waals surface area contributed by atoms with Crippen LogP contribution in [0.15, 0.2) is 30.9 Å². The summed E-state index contributed by atoms with van der Waals surface area (Å²) in [6.45, 7) is 7.00. The molecule has 21 heavy (non-hydrogen) atoms. The van der Waals surface area contributed by atoms with Gasteiger partial charge in [0.25, 0.3) is 0 Å². The number of esters is 1. The Balaban J connectivity index is 2.87. The Morgan fingerprint density at radius 1 is 1.48 bits per heavy atom. The number of ether oxygens (including phenoxy) is 1. The molecule has 1 amide bonds. The van der Waals surface area contributed by atoms with Crippen molar-refractivity contribution in [2.75, 3.05) is 12.3 Å². The van der Waals surface area contributed by atoms with Crippen molar-refractivity contribution in [1.29, 1.82) is 0 Å². The number of carbonyl (C=O) groups excluding carboxylic acids is 2. The first-order valence-corrected chi connectivity index (χ1v) is 6.89. The Morgan fingerprint density at radius 3 is 2.76 bits per heavy atom. The quantitative estimate of drug-likeness (QED) is 0.454. The largest absolute Gasteiger partial charge is 0.460 e. The van der Waals surface area contributed by atoms with Crippen LogP contribution >= 0.6 is 0 Å². The average Bonchev–Trinajstić information content (AvgIpc) is 2.45. The minimum absolute atomic E-state index is 0.122. The molecule has 0 bridgehead atoms. The molecule has 0 saturated heterocycles. The van der Waals surface area contributed by atoms with Crippen molar-refractivity contribution in [3.8, 4) is 0 Å². The van der Waals surface area contributed by atoms with Gasteiger partial charge in [0.15, 0.2) is 0 Å². The molecule has 3 N–H and O–H groups in total. The van der Waals surface area contributed by atoms with Gasteiger partial charge >= 0.3 is 5.97 Å². The van der Waals surface area contributed by atoms with E-state index in [-0.39, 0.29) is 12.5 Å². The summed E-state index contributed by atoms with van der Waals surface area (Å²) in [5.74, 6) is -0.748. The highest BCUT2D eigenvalue weighted by molar-refractivity contribution is 5.83.